The van der Waals surface area contributed by atoms with Gasteiger partial charge in [-0.25, -0.2) is 14.8 Å². The maximum atomic E-state index is 12.6. The number of hydrogen-bond donors (Lipinski definition) is 1. The number of hydrogen-bond acceptors (Lipinski definition) is 8. The molecular weight excluding hydrogens is 412 g/mol. The molecule has 1 aromatic carbocycles. The summed E-state index contributed by atoms with van der Waals surface area (Å²) in [6.07, 6.45) is 1.12. The van der Waals surface area contributed by atoms with Crippen LogP contribution < -0.4 is 10.6 Å². The van der Waals surface area contributed by atoms with Crippen molar-refractivity contribution in [3.05, 3.63) is 29.0 Å². The Morgan fingerprint density at radius 2 is 2.17 bits per heavy atom. The van der Waals surface area contributed by atoms with E-state index in [1.807, 2.05) is 20.8 Å². The van der Waals surface area contributed by atoms with Crippen molar-refractivity contribution in [3.63, 3.8) is 0 Å². The Morgan fingerprint density at radius 3 is 2.83 bits per heavy atom. The first-order valence-electron chi connectivity index (χ1n) is 9.14. The third-order valence-corrected chi connectivity index (χ3v) is 5.67. The SMILES string of the molecule is CC(C)(C)OC(=O)N1CCN(c2ncnc3cc(Cl)c(C#N)cc23)CC1SCN. The van der Waals surface area contributed by atoms with E-state index in [9.17, 15) is 10.1 Å². The molecule has 1 atom stereocenters. The summed E-state index contributed by atoms with van der Waals surface area (Å²) in [5, 5.41) is 10.2. The summed E-state index contributed by atoms with van der Waals surface area (Å²) in [5.41, 5.74) is 6.23. The van der Waals surface area contributed by atoms with Gasteiger partial charge in [-0.2, -0.15) is 5.26 Å². The summed E-state index contributed by atoms with van der Waals surface area (Å²) < 4.78 is 5.55. The van der Waals surface area contributed by atoms with Crippen molar-refractivity contribution in [2.75, 3.05) is 30.4 Å². The average Bonchev–Trinajstić information content (AvgIpc) is 2.65. The number of benzene rings is 1. The van der Waals surface area contributed by atoms with E-state index in [-0.39, 0.29) is 11.5 Å². The minimum Gasteiger partial charge on any atom is -0.444 e. The fraction of sp³-hybridized carbons (Fsp3) is 0.474. The second kappa shape index (κ2) is 8.61. The highest BCUT2D eigenvalue weighted by atomic mass is 35.5. The van der Waals surface area contributed by atoms with Crippen molar-refractivity contribution < 1.29 is 9.53 Å². The zero-order chi connectivity index (χ0) is 21.2. The van der Waals surface area contributed by atoms with E-state index in [0.29, 0.717) is 47.4 Å². The molecule has 3 rings (SSSR count). The molecule has 2 heterocycles. The summed E-state index contributed by atoms with van der Waals surface area (Å²) >= 11 is 7.61. The van der Waals surface area contributed by atoms with Crippen LogP contribution in [0.4, 0.5) is 10.6 Å². The molecule has 8 nitrogen and oxygen atoms in total. The molecule has 154 valence electrons. The molecule has 1 amide bonds. The fourth-order valence-electron chi connectivity index (χ4n) is 3.13. The Morgan fingerprint density at radius 1 is 1.41 bits per heavy atom. The lowest BCUT2D eigenvalue weighted by atomic mass is 10.1. The van der Waals surface area contributed by atoms with Crippen LogP contribution in [0.2, 0.25) is 5.02 Å². The minimum absolute atomic E-state index is 0.184. The Balaban J connectivity index is 1.90. The largest absolute Gasteiger partial charge is 0.444 e. The van der Waals surface area contributed by atoms with Crippen molar-refractivity contribution in [2.24, 2.45) is 5.73 Å². The lowest BCUT2D eigenvalue weighted by Gasteiger charge is -2.41. The number of amides is 1. The first-order chi connectivity index (χ1) is 13.7. The number of carbonyl (C=O) groups is 1. The number of carbonyl (C=O) groups excluding carboxylic acids is 1. The smallest absolute Gasteiger partial charge is 0.411 e. The Hall–Kier alpha value is -2.28. The van der Waals surface area contributed by atoms with Gasteiger partial charge in [-0.1, -0.05) is 11.6 Å². The second-order valence-corrected chi connectivity index (χ2v) is 9.18. The Bertz CT molecular complexity index is 958. The highest BCUT2D eigenvalue weighted by Gasteiger charge is 2.34. The summed E-state index contributed by atoms with van der Waals surface area (Å²) in [6, 6.07) is 5.47. The van der Waals surface area contributed by atoms with Gasteiger partial charge in [0.1, 0.15) is 23.8 Å². The molecule has 0 spiro atoms. The molecule has 2 N–H and O–H groups in total. The van der Waals surface area contributed by atoms with Gasteiger partial charge in [0.05, 0.1) is 21.5 Å². The minimum atomic E-state index is -0.567. The van der Waals surface area contributed by atoms with Crippen LogP contribution in [0.15, 0.2) is 18.5 Å². The van der Waals surface area contributed by atoms with Gasteiger partial charge < -0.3 is 15.4 Å². The molecule has 1 aromatic heterocycles. The van der Waals surface area contributed by atoms with Gasteiger partial charge in [-0.15, -0.1) is 11.8 Å². The zero-order valence-corrected chi connectivity index (χ0v) is 18.1. The van der Waals surface area contributed by atoms with Gasteiger partial charge in [-0.05, 0) is 32.9 Å². The molecule has 0 aliphatic carbocycles. The van der Waals surface area contributed by atoms with Crippen molar-refractivity contribution in [3.8, 4) is 6.07 Å². The van der Waals surface area contributed by atoms with Crippen LogP contribution in [0, 0.1) is 11.3 Å². The van der Waals surface area contributed by atoms with Gasteiger partial charge in [0.15, 0.2) is 0 Å². The van der Waals surface area contributed by atoms with Crippen LogP contribution in [-0.4, -0.2) is 57.4 Å². The summed E-state index contributed by atoms with van der Waals surface area (Å²) in [7, 11) is 0. The van der Waals surface area contributed by atoms with Gasteiger partial charge in [0.2, 0.25) is 0 Å². The van der Waals surface area contributed by atoms with Crippen molar-refractivity contribution in [2.45, 2.75) is 31.7 Å². The molecule has 0 saturated carbocycles. The van der Waals surface area contributed by atoms with Crippen LogP contribution in [0.3, 0.4) is 0 Å². The number of thioether (sulfide) groups is 1. The fourth-order valence-corrected chi connectivity index (χ4v) is 4.21. The highest BCUT2D eigenvalue weighted by molar-refractivity contribution is 7.99. The predicted octanol–water partition coefficient (Wildman–Crippen LogP) is 3.19. The molecule has 1 fully saturated rings. The van der Waals surface area contributed by atoms with E-state index in [4.69, 9.17) is 22.1 Å². The number of ether oxygens (including phenoxy) is 1. The Labute approximate surface area is 179 Å². The van der Waals surface area contributed by atoms with E-state index in [1.165, 1.54) is 18.1 Å². The van der Waals surface area contributed by atoms with E-state index in [2.05, 4.69) is 20.9 Å². The van der Waals surface area contributed by atoms with Crippen LogP contribution in [0.5, 0.6) is 0 Å². The summed E-state index contributed by atoms with van der Waals surface area (Å²) in [5.74, 6) is 1.07. The number of aromatic nitrogens is 2. The molecule has 10 heteroatoms. The average molecular weight is 435 g/mol. The molecule has 1 unspecified atom stereocenters. The summed E-state index contributed by atoms with van der Waals surface area (Å²) in [6.45, 7) is 7.09. The Kier molecular flexibility index (Phi) is 6.36. The second-order valence-electron chi connectivity index (χ2n) is 7.57. The molecule has 0 bridgehead atoms. The lowest BCUT2D eigenvalue weighted by molar-refractivity contribution is 0.0215. The standard InChI is InChI=1S/C19H23ClN6O2S/c1-19(2,3)28-18(27)26-5-4-25(9-16(26)29-10-22)17-13-6-12(8-21)14(20)7-15(13)23-11-24-17/h6-7,11,16H,4-5,9-10,22H2,1-3H3. The summed E-state index contributed by atoms with van der Waals surface area (Å²) in [4.78, 5) is 25.1. The van der Waals surface area contributed by atoms with Crippen molar-refractivity contribution >= 4 is 46.2 Å². The highest BCUT2D eigenvalue weighted by Crippen LogP contribution is 2.31. The molecule has 0 radical (unpaired) electrons. The third kappa shape index (κ3) is 4.83. The van der Waals surface area contributed by atoms with Gasteiger partial charge in [-0.3, -0.25) is 4.90 Å². The first kappa shape index (κ1) is 21.4. The van der Waals surface area contributed by atoms with Crippen molar-refractivity contribution in [1.82, 2.24) is 14.9 Å². The van der Waals surface area contributed by atoms with E-state index in [1.54, 1.807) is 17.0 Å². The molecule has 29 heavy (non-hydrogen) atoms. The number of nitrogens with two attached hydrogens (primary N) is 1. The number of fused-ring (bicyclic) bond motifs is 1. The third-order valence-electron chi connectivity index (χ3n) is 4.37. The molecular formula is C19H23ClN6O2S. The van der Waals surface area contributed by atoms with E-state index < -0.39 is 5.60 Å². The quantitative estimate of drug-likeness (QED) is 0.733. The number of nitrogens with zero attached hydrogens (tertiary/aromatic N) is 5. The van der Waals surface area contributed by atoms with Gasteiger partial charge in [0.25, 0.3) is 0 Å². The topological polar surface area (TPSA) is 108 Å². The number of nitriles is 1. The normalized spacial score (nSPS) is 17.3. The maximum Gasteiger partial charge on any atom is 0.411 e. The van der Waals surface area contributed by atoms with Crippen LogP contribution in [0.1, 0.15) is 26.3 Å². The van der Waals surface area contributed by atoms with E-state index in [0.717, 1.165) is 5.39 Å². The zero-order valence-electron chi connectivity index (χ0n) is 16.6. The van der Waals surface area contributed by atoms with Crippen molar-refractivity contribution in [1.29, 1.82) is 5.26 Å². The lowest BCUT2D eigenvalue weighted by Crippen LogP contribution is -2.55. The number of halogens is 1. The van der Waals surface area contributed by atoms with Gasteiger partial charge in [0, 0.05) is 30.9 Å². The van der Waals surface area contributed by atoms with E-state index >= 15 is 0 Å². The predicted molar refractivity (Wildman–Crippen MR) is 115 cm³/mol. The maximum absolute atomic E-state index is 12.6. The number of piperazine rings is 1. The molecule has 1 aliphatic rings. The monoisotopic (exact) mass is 434 g/mol. The first-order valence-corrected chi connectivity index (χ1v) is 10.6. The molecule has 2 aromatic rings. The molecule has 1 aliphatic heterocycles. The van der Waals surface area contributed by atoms with Crippen LogP contribution >= 0.6 is 23.4 Å². The van der Waals surface area contributed by atoms with Crippen LogP contribution in [0.25, 0.3) is 10.9 Å². The number of anilines is 1. The van der Waals surface area contributed by atoms with Gasteiger partial charge >= 0.3 is 6.09 Å². The number of rotatable bonds is 3. The molecule has 1 saturated heterocycles. The van der Waals surface area contributed by atoms with Crippen LogP contribution in [-0.2, 0) is 4.74 Å².